The Kier molecular flexibility index (Phi) is 6.51. The number of hydrogen-bond acceptors (Lipinski definition) is 3. The number of aromatic amines is 1. The van der Waals surface area contributed by atoms with E-state index in [1.165, 1.54) is 0 Å². The van der Waals surface area contributed by atoms with E-state index in [4.69, 9.17) is 4.74 Å². The number of alkyl carbamates (subject to hydrolysis) is 1. The van der Waals surface area contributed by atoms with Crippen molar-refractivity contribution in [2.24, 2.45) is 0 Å². The first kappa shape index (κ1) is 21.2. The first-order valence-electron chi connectivity index (χ1n) is 10.5. The van der Waals surface area contributed by atoms with E-state index in [9.17, 15) is 9.59 Å². The number of para-hydroxylation sites is 2. The molecule has 0 aliphatic rings. The normalized spacial score (nSPS) is 11.7. The van der Waals surface area contributed by atoms with Crippen LogP contribution in [0.2, 0.25) is 0 Å². The third-order valence-electron chi connectivity index (χ3n) is 5.32. The zero-order valence-electron chi connectivity index (χ0n) is 17.8. The average Bonchev–Trinajstić information content (AvgIpc) is 3.22. The van der Waals surface area contributed by atoms with Crippen LogP contribution in [0.5, 0.6) is 0 Å². The highest BCUT2D eigenvalue weighted by molar-refractivity contribution is 5.97. The minimum atomic E-state index is -0.808. The van der Waals surface area contributed by atoms with Crippen LogP contribution in [0.1, 0.15) is 16.7 Å². The molecule has 1 aromatic heterocycles. The Bertz CT molecular complexity index is 1220. The number of hydrogen-bond donors (Lipinski definition) is 3. The fourth-order valence-corrected chi connectivity index (χ4v) is 3.57. The van der Waals surface area contributed by atoms with Crippen LogP contribution < -0.4 is 10.6 Å². The minimum absolute atomic E-state index is 0.131. The molecule has 2 amide bonds. The summed E-state index contributed by atoms with van der Waals surface area (Å²) in [6.45, 7) is 2.05. The molecule has 32 heavy (non-hydrogen) atoms. The molecule has 1 unspecified atom stereocenters. The van der Waals surface area contributed by atoms with Crippen LogP contribution in [0.4, 0.5) is 10.5 Å². The zero-order valence-corrected chi connectivity index (χ0v) is 17.8. The monoisotopic (exact) mass is 427 g/mol. The quantitative estimate of drug-likeness (QED) is 0.390. The third-order valence-corrected chi connectivity index (χ3v) is 5.32. The predicted octanol–water partition coefficient (Wildman–Crippen LogP) is 4.95. The highest BCUT2D eigenvalue weighted by Crippen LogP contribution is 2.20. The van der Waals surface area contributed by atoms with Gasteiger partial charge in [-0.15, -0.1) is 0 Å². The molecule has 3 N–H and O–H groups in total. The van der Waals surface area contributed by atoms with E-state index in [0.29, 0.717) is 12.1 Å². The van der Waals surface area contributed by atoms with Crippen LogP contribution in [-0.2, 0) is 22.6 Å². The lowest BCUT2D eigenvalue weighted by molar-refractivity contribution is -0.118. The lowest BCUT2D eigenvalue weighted by Crippen LogP contribution is -2.45. The molecule has 3 aromatic carbocycles. The van der Waals surface area contributed by atoms with Gasteiger partial charge in [-0.3, -0.25) is 4.79 Å². The number of carbonyl (C=O) groups excluding carboxylic acids is 2. The topological polar surface area (TPSA) is 83.2 Å². The number of anilines is 1. The van der Waals surface area contributed by atoms with E-state index in [2.05, 4.69) is 15.6 Å². The van der Waals surface area contributed by atoms with Crippen LogP contribution in [0.15, 0.2) is 85.1 Å². The van der Waals surface area contributed by atoms with Crippen molar-refractivity contribution in [3.05, 3.63) is 102 Å². The van der Waals surface area contributed by atoms with Crippen LogP contribution in [-0.4, -0.2) is 23.0 Å². The summed E-state index contributed by atoms with van der Waals surface area (Å²) in [6.07, 6.45) is 1.55. The number of rotatable bonds is 7. The zero-order chi connectivity index (χ0) is 22.3. The Morgan fingerprint density at radius 1 is 0.938 bits per heavy atom. The van der Waals surface area contributed by atoms with E-state index < -0.39 is 12.1 Å². The third kappa shape index (κ3) is 5.16. The maximum atomic E-state index is 13.1. The molecule has 1 heterocycles. The van der Waals surface area contributed by atoms with Crippen molar-refractivity contribution in [1.29, 1.82) is 0 Å². The van der Waals surface area contributed by atoms with Crippen LogP contribution >= 0.6 is 0 Å². The summed E-state index contributed by atoms with van der Waals surface area (Å²) in [4.78, 5) is 28.9. The Morgan fingerprint density at radius 2 is 1.66 bits per heavy atom. The first-order chi connectivity index (χ1) is 15.6. The van der Waals surface area contributed by atoms with E-state index in [1.807, 2.05) is 92.0 Å². The van der Waals surface area contributed by atoms with Gasteiger partial charge in [0.1, 0.15) is 12.6 Å². The number of nitrogens with one attached hydrogen (secondary N) is 3. The smallest absolute Gasteiger partial charge is 0.408 e. The molecule has 162 valence electrons. The molecule has 0 bridgehead atoms. The number of fused-ring (bicyclic) bond motifs is 1. The second-order valence-electron chi connectivity index (χ2n) is 7.63. The Balaban J connectivity index is 1.50. The second kappa shape index (κ2) is 9.83. The minimum Gasteiger partial charge on any atom is -0.445 e. The fraction of sp³-hybridized carbons (Fsp3) is 0.154. The molecule has 0 fully saturated rings. The summed E-state index contributed by atoms with van der Waals surface area (Å²) in [5.74, 6) is -0.304. The lowest BCUT2D eigenvalue weighted by atomic mass is 10.0. The van der Waals surface area contributed by atoms with Crippen molar-refractivity contribution in [3.63, 3.8) is 0 Å². The van der Waals surface area contributed by atoms with Gasteiger partial charge in [-0.1, -0.05) is 66.7 Å². The van der Waals surface area contributed by atoms with Crippen LogP contribution in [0.3, 0.4) is 0 Å². The molecule has 0 aliphatic heterocycles. The lowest BCUT2D eigenvalue weighted by Gasteiger charge is -2.19. The highest BCUT2D eigenvalue weighted by atomic mass is 16.5. The Hall–Kier alpha value is -4.06. The molecule has 6 nitrogen and oxygen atoms in total. The first-order valence-corrected chi connectivity index (χ1v) is 10.5. The maximum Gasteiger partial charge on any atom is 0.408 e. The summed E-state index contributed by atoms with van der Waals surface area (Å²) < 4.78 is 5.35. The van der Waals surface area contributed by atoms with Crippen molar-refractivity contribution in [2.75, 3.05) is 5.32 Å². The number of aryl methyl sites for hydroxylation is 1. The van der Waals surface area contributed by atoms with Crippen molar-refractivity contribution >= 4 is 28.6 Å². The molecule has 0 saturated carbocycles. The van der Waals surface area contributed by atoms with Gasteiger partial charge in [0.05, 0.1) is 0 Å². The van der Waals surface area contributed by atoms with Gasteiger partial charge in [0.15, 0.2) is 0 Å². The van der Waals surface area contributed by atoms with Gasteiger partial charge in [0.2, 0.25) is 5.91 Å². The van der Waals surface area contributed by atoms with Gasteiger partial charge in [-0.2, -0.15) is 0 Å². The van der Waals surface area contributed by atoms with E-state index in [0.717, 1.165) is 27.6 Å². The molecule has 0 radical (unpaired) electrons. The van der Waals surface area contributed by atoms with Gasteiger partial charge in [0.25, 0.3) is 0 Å². The standard InChI is InChI=1S/C26H25N3O3/c1-18-9-5-7-13-22(18)28-25(30)24(15-20-16-27-23-14-8-6-12-21(20)23)29-26(31)32-17-19-10-3-2-4-11-19/h2-14,16,24,27H,15,17H2,1H3,(H,28,30)(H,29,31). The molecule has 0 spiro atoms. The van der Waals surface area contributed by atoms with Gasteiger partial charge in [-0.25, -0.2) is 4.79 Å². The summed E-state index contributed by atoms with van der Waals surface area (Å²) in [7, 11) is 0. The summed E-state index contributed by atoms with van der Waals surface area (Å²) in [5.41, 5.74) is 4.44. The number of aromatic nitrogens is 1. The second-order valence-corrected chi connectivity index (χ2v) is 7.63. The van der Waals surface area contributed by atoms with Crippen LogP contribution in [0, 0.1) is 6.92 Å². The summed E-state index contributed by atoms with van der Waals surface area (Å²) in [6, 6.07) is 24.0. The molecule has 6 heteroatoms. The van der Waals surface area contributed by atoms with E-state index >= 15 is 0 Å². The maximum absolute atomic E-state index is 13.1. The number of carbonyl (C=O) groups is 2. The molecular weight excluding hydrogens is 402 g/mol. The molecule has 4 aromatic rings. The van der Waals surface area contributed by atoms with Gasteiger partial charge >= 0.3 is 6.09 Å². The molecule has 0 aliphatic carbocycles. The fourth-order valence-electron chi connectivity index (χ4n) is 3.57. The molecule has 0 saturated heterocycles. The number of ether oxygens (including phenoxy) is 1. The van der Waals surface area contributed by atoms with Gasteiger partial charge < -0.3 is 20.4 Å². The van der Waals surface area contributed by atoms with Gasteiger partial charge in [0, 0.05) is 29.2 Å². The summed E-state index contributed by atoms with van der Waals surface area (Å²) >= 11 is 0. The number of H-pyrrole nitrogens is 1. The number of amides is 2. The van der Waals surface area contributed by atoms with Crippen molar-refractivity contribution in [1.82, 2.24) is 10.3 Å². The van der Waals surface area contributed by atoms with Crippen molar-refractivity contribution in [3.8, 4) is 0 Å². The SMILES string of the molecule is Cc1ccccc1NC(=O)C(Cc1c[nH]c2ccccc12)NC(=O)OCc1ccccc1. The highest BCUT2D eigenvalue weighted by Gasteiger charge is 2.24. The van der Waals surface area contributed by atoms with Crippen LogP contribution in [0.25, 0.3) is 10.9 Å². The molecular formula is C26H25N3O3. The van der Waals surface area contributed by atoms with E-state index in [1.54, 1.807) is 0 Å². The Labute approximate surface area is 186 Å². The van der Waals surface area contributed by atoms with Crippen molar-refractivity contribution < 1.29 is 14.3 Å². The van der Waals surface area contributed by atoms with Crippen molar-refractivity contribution in [2.45, 2.75) is 26.0 Å². The molecule has 1 atom stereocenters. The Morgan fingerprint density at radius 3 is 2.47 bits per heavy atom. The van der Waals surface area contributed by atoms with Gasteiger partial charge in [-0.05, 0) is 35.7 Å². The summed E-state index contributed by atoms with van der Waals surface area (Å²) in [5, 5.41) is 6.69. The average molecular weight is 428 g/mol. The number of benzene rings is 3. The molecule has 4 rings (SSSR count). The largest absolute Gasteiger partial charge is 0.445 e. The predicted molar refractivity (Wildman–Crippen MR) is 125 cm³/mol. The van der Waals surface area contributed by atoms with E-state index in [-0.39, 0.29) is 12.5 Å².